The summed E-state index contributed by atoms with van der Waals surface area (Å²) in [5.41, 5.74) is 4.69. The summed E-state index contributed by atoms with van der Waals surface area (Å²) in [7, 11) is 5.61. The highest BCUT2D eigenvalue weighted by molar-refractivity contribution is 6.31. The number of anilines is 1. The van der Waals surface area contributed by atoms with E-state index in [9.17, 15) is 0 Å². The fourth-order valence-corrected chi connectivity index (χ4v) is 5.88. The van der Waals surface area contributed by atoms with Crippen LogP contribution in [0.3, 0.4) is 0 Å². The number of aromatic nitrogens is 2. The van der Waals surface area contributed by atoms with Gasteiger partial charge in [0.1, 0.15) is 0 Å². The molecule has 2 saturated heterocycles. The normalized spacial score (nSPS) is 19.4. The zero-order valence-corrected chi connectivity index (χ0v) is 22.7. The molecule has 0 radical (unpaired) electrons. The molecular weight excluding hydrogens is 474 g/mol. The highest BCUT2D eigenvalue weighted by Gasteiger charge is 2.25. The quantitative estimate of drug-likeness (QED) is 0.444. The zero-order valence-electron chi connectivity index (χ0n) is 22.0. The second kappa shape index (κ2) is 10.9. The molecule has 1 atom stereocenters. The Morgan fingerprint density at radius 2 is 1.78 bits per heavy atom. The zero-order chi connectivity index (χ0) is 25.2. The van der Waals surface area contributed by atoms with E-state index < -0.39 is 0 Å². The van der Waals surface area contributed by atoms with Crippen molar-refractivity contribution in [3.63, 3.8) is 0 Å². The van der Waals surface area contributed by atoms with E-state index in [0.29, 0.717) is 6.04 Å². The maximum Gasteiger partial charge on any atom is 0.162 e. The Balaban J connectivity index is 1.31. The Hall–Kier alpha value is -2.48. The van der Waals surface area contributed by atoms with E-state index in [1.54, 1.807) is 14.2 Å². The van der Waals surface area contributed by atoms with Gasteiger partial charge >= 0.3 is 0 Å². The van der Waals surface area contributed by atoms with Gasteiger partial charge in [-0.05, 0) is 57.1 Å². The van der Waals surface area contributed by atoms with Crippen LogP contribution >= 0.6 is 11.6 Å². The molecule has 3 aromatic rings. The average molecular weight is 512 g/mol. The Labute approximate surface area is 219 Å². The van der Waals surface area contributed by atoms with Crippen LogP contribution in [0.4, 0.5) is 5.69 Å². The Kier molecular flexibility index (Phi) is 7.60. The van der Waals surface area contributed by atoms with E-state index >= 15 is 0 Å². The van der Waals surface area contributed by atoms with Gasteiger partial charge in [-0.2, -0.15) is 5.10 Å². The number of fused-ring (bicyclic) bond motifs is 1. The monoisotopic (exact) mass is 511 g/mol. The van der Waals surface area contributed by atoms with Gasteiger partial charge in [-0.15, -0.1) is 0 Å². The maximum absolute atomic E-state index is 6.37. The minimum absolute atomic E-state index is 0.525. The van der Waals surface area contributed by atoms with Gasteiger partial charge in [0, 0.05) is 67.3 Å². The Morgan fingerprint density at radius 1 is 1.03 bits per heavy atom. The average Bonchev–Trinajstić information content (AvgIpc) is 3.46. The van der Waals surface area contributed by atoms with Crippen molar-refractivity contribution in [3.05, 3.63) is 46.6 Å². The molecule has 1 aromatic heterocycles. The van der Waals surface area contributed by atoms with Crippen LogP contribution in [0.2, 0.25) is 5.02 Å². The number of halogens is 1. The van der Waals surface area contributed by atoms with Gasteiger partial charge in [-0.1, -0.05) is 17.7 Å². The number of methoxy groups -OCH3 is 2. The molecule has 2 aliphatic heterocycles. The summed E-state index contributed by atoms with van der Waals surface area (Å²) in [5, 5.41) is 7.14. The number of rotatable bonds is 8. The minimum atomic E-state index is 0.525. The van der Waals surface area contributed by atoms with E-state index in [0.717, 1.165) is 80.0 Å². The van der Waals surface area contributed by atoms with E-state index in [4.69, 9.17) is 26.2 Å². The molecule has 0 bridgehead atoms. The SMILES string of the molecule is COc1cc2c(CCN3CCN(c4cccc(Cl)c4C)CC3)nn(C[C@@H]3CCCN3C)c2cc1OC. The van der Waals surface area contributed by atoms with Crippen molar-refractivity contribution in [2.45, 2.75) is 38.8 Å². The number of likely N-dealkylation sites (tertiary alicyclic amines) is 1. The molecular formula is C28H38ClN5O2. The molecule has 0 spiro atoms. The fourth-order valence-electron chi connectivity index (χ4n) is 5.71. The standard InChI is InChI=1S/C28H38ClN5O2/c1-20-23(29)8-5-9-25(20)33-15-13-32(14-16-33)12-10-24-22-17-27(35-3)28(36-4)18-26(22)34(30-24)19-21-7-6-11-31(21)2/h5,8-9,17-18,21H,6-7,10-16,19H2,1-4H3/t21-/m0/s1. The van der Waals surface area contributed by atoms with E-state index in [1.165, 1.54) is 29.5 Å². The molecule has 36 heavy (non-hydrogen) atoms. The topological polar surface area (TPSA) is 46.0 Å². The van der Waals surface area contributed by atoms with Crippen LogP contribution in [0.25, 0.3) is 10.9 Å². The molecule has 194 valence electrons. The number of nitrogens with zero attached hydrogens (tertiary/aromatic N) is 5. The van der Waals surface area contributed by atoms with Crippen LogP contribution in [0.5, 0.6) is 11.5 Å². The molecule has 0 saturated carbocycles. The lowest BCUT2D eigenvalue weighted by Gasteiger charge is -2.36. The van der Waals surface area contributed by atoms with Gasteiger partial charge in [0.25, 0.3) is 0 Å². The van der Waals surface area contributed by atoms with Gasteiger partial charge in [0.05, 0.1) is 32.0 Å². The third-order valence-corrected chi connectivity index (χ3v) is 8.41. The van der Waals surface area contributed by atoms with E-state index in [2.05, 4.69) is 51.6 Å². The van der Waals surface area contributed by atoms with Crippen molar-refractivity contribution in [3.8, 4) is 11.5 Å². The predicted molar refractivity (Wildman–Crippen MR) is 147 cm³/mol. The van der Waals surface area contributed by atoms with Gasteiger partial charge in [-0.25, -0.2) is 0 Å². The summed E-state index contributed by atoms with van der Waals surface area (Å²) in [6.45, 7) is 9.26. The van der Waals surface area contributed by atoms with Crippen molar-refractivity contribution >= 4 is 28.2 Å². The van der Waals surface area contributed by atoms with Gasteiger partial charge in [0.2, 0.25) is 0 Å². The van der Waals surface area contributed by atoms with Crippen LogP contribution in [-0.4, -0.2) is 86.2 Å². The maximum atomic E-state index is 6.37. The number of ether oxygens (including phenoxy) is 2. The molecule has 5 rings (SSSR count). The van der Waals surface area contributed by atoms with Crippen LogP contribution in [0.1, 0.15) is 24.1 Å². The summed E-state index contributed by atoms with van der Waals surface area (Å²) < 4.78 is 13.4. The van der Waals surface area contributed by atoms with Crippen molar-refractivity contribution in [2.24, 2.45) is 0 Å². The number of benzene rings is 2. The van der Waals surface area contributed by atoms with Crippen LogP contribution in [-0.2, 0) is 13.0 Å². The molecule has 0 unspecified atom stereocenters. The first-order valence-corrected chi connectivity index (χ1v) is 13.4. The molecule has 0 amide bonds. The third kappa shape index (κ3) is 5.01. The van der Waals surface area contributed by atoms with Crippen molar-refractivity contribution in [1.29, 1.82) is 0 Å². The highest BCUT2D eigenvalue weighted by Crippen LogP contribution is 2.35. The predicted octanol–water partition coefficient (Wildman–Crippen LogP) is 4.47. The molecule has 0 aliphatic carbocycles. The van der Waals surface area contributed by atoms with Crippen molar-refractivity contribution in [1.82, 2.24) is 19.6 Å². The van der Waals surface area contributed by atoms with Gasteiger partial charge in [0.15, 0.2) is 11.5 Å². The number of likely N-dealkylation sites (N-methyl/N-ethyl adjacent to an activating group) is 1. The second-order valence-corrected chi connectivity index (χ2v) is 10.5. The second-order valence-electron chi connectivity index (χ2n) is 10.1. The van der Waals surface area contributed by atoms with Crippen LogP contribution in [0, 0.1) is 6.92 Å². The largest absolute Gasteiger partial charge is 0.493 e. The Morgan fingerprint density at radius 3 is 2.47 bits per heavy atom. The number of hydrogen-bond acceptors (Lipinski definition) is 6. The van der Waals surface area contributed by atoms with Crippen LogP contribution in [0.15, 0.2) is 30.3 Å². The smallest absolute Gasteiger partial charge is 0.162 e. The van der Waals surface area contributed by atoms with Crippen molar-refractivity contribution in [2.75, 3.05) is 65.4 Å². The lowest BCUT2D eigenvalue weighted by molar-refractivity contribution is 0.259. The summed E-state index contributed by atoms with van der Waals surface area (Å²) in [5.74, 6) is 1.51. The molecule has 3 heterocycles. The van der Waals surface area contributed by atoms with Gasteiger partial charge in [-0.3, -0.25) is 9.58 Å². The number of hydrogen-bond donors (Lipinski definition) is 0. The Bertz CT molecular complexity index is 1200. The molecule has 2 fully saturated rings. The molecule has 2 aliphatic rings. The summed E-state index contributed by atoms with van der Waals surface area (Å²) >= 11 is 6.37. The molecule has 2 aromatic carbocycles. The van der Waals surface area contributed by atoms with E-state index in [-0.39, 0.29) is 0 Å². The van der Waals surface area contributed by atoms with Crippen molar-refractivity contribution < 1.29 is 9.47 Å². The fraction of sp³-hybridized carbons (Fsp3) is 0.536. The molecule has 7 nitrogen and oxygen atoms in total. The lowest BCUT2D eigenvalue weighted by atomic mass is 10.1. The summed E-state index contributed by atoms with van der Waals surface area (Å²) in [4.78, 5) is 7.46. The molecule has 0 N–H and O–H groups in total. The first kappa shape index (κ1) is 25.2. The highest BCUT2D eigenvalue weighted by atomic mass is 35.5. The van der Waals surface area contributed by atoms with E-state index in [1.807, 2.05) is 12.1 Å². The lowest BCUT2D eigenvalue weighted by Crippen LogP contribution is -2.47. The number of piperazine rings is 1. The first-order valence-electron chi connectivity index (χ1n) is 13.0. The third-order valence-electron chi connectivity index (χ3n) is 8.00. The summed E-state index contributed by atoms with van der Waals surface area (Å²) in [6.07, 6.45) is 3.39. The first-order chi connectivity index (χ1) is 17.5. The minimum Gasteiger partial charge on any atom is -0.493 e. The van der Waals surface area contributed by atoms with Crippen LogP contribution < -0.4 is 14.4 Å². The van der Waals surface area contributed by atoms with Gasteiger partial charge < -0.3 is 19.3 Å². The summed E-state index contributed by atoms with van der Waals surface area (Å²) in [6, 6.07) is 10.9. The molecule has 8 heteroatoms.